The fourth-order valence-electron chi connectivity index (χ4n) is 1.96. The maximum atomic E-state index is 5.67. The van der Waals surface area contributed by atoms with Crippen molar-refractivity contribution < 1.29 is 4.74 Å². The molecule has 1 aliphatic rings. The lowest BCUT2D eigenvalue weighted by atomic mass is 10.1. The van der Waals surface area contributed by atoms with Crippen molar-refractivity contribution in [2.75, 3.05) is 24.6 Å². The number of rotatable bonds is 2. The number of anilines is 1. The number of hydrogen-bond donors (Lipinski definition) is 1. The minimum atomic E-state index is -0.137. The van der Waals surface area contributed by atoms with E-state index < -0.39 is 0 Å². The highest BCUT2D eigenvalue weighted by molar-refractivity contribution is 5.43. The van der Waals surface area contributed by atoms with E-state index in [4.69, 9.17) is 10.5 Å². The van der Waals surface area contributed by atoms with E-state index in [9.17, 15) is 0 Å². The second-order valence-corrected chi connectivity index (χ2v) is 4.56. The van der Waals surface area contributed by atoms with Crippen LogP contribution >= 0.6 is 0 Å². The van der Waals surface area contributed by atoms with Gasteiger partial charge in [0.15, 0.2) is 5.82 Å². The van der Waals surface area contributed by atoms with Gasteiger partial charge in [-0.3, -0.25) is 4.98 Å². The summed E-state index contributed by atoms with van der Waals surface area (Å²) in [7, 11) is 0. The standard InChI is InChI=1S/C11H18N4O/c1-11(2)8-15(5-6-16-11)10-9(7-12)13-3-4-14-10/h3-4H,5-8,12H2,1-2H3. The van der Waals surface area contributed by atoms with Gasteiger partial charge in [0.25, 0.3) is 0 Å². The van der Waals surface area contributed by atoms with Gasteiger partial charge in [-0.2, -0.15) is 0 Å². The lowest BCUT2D eigenvalue weighted by molar-refractivity contribution is -0.0279. The summed E-state index contributed by atoms with van der Waals surface area (Å²) >= 11 is 0. The molecule has 0 aliphatic carbocycles. The third-order valence-corrected chi connectivity index (χ3v) is 2.67. The Morgan fingerprint density at radius 1 is 1.44 bits per heavy atom. The molecule has 0 spiro atoms. The van der Waals surface area contributed by atoms with Crippen LogP contribution < -0.4 is 10.6 Å². The summed E-state index contributed by atoms with van der Waals surface area (Å²) in [5, 5.41) is 0. The Morgan fingerprint density at radius 3 is 2.88 bits per heavy atom. The van der Waals surface area contributed by atoms with E-state index >= 15 is 0 Å². The maximum absolute atomic E-state index is 5.67. The van der Waals surface area contributed by atoms with Crippen LogP contribution in [0.5, 0.6) is 0 Å². The summed E-state index contributed by atoms with van der Waals surface area (Å²) in [5.41, 5.74) is 6.37. The van der Waals surface area contributed by atoms with Crippen molar-refractivity contribution in [3.63, 3.8) is 0 Å². The molecule has 0 amide bonds. The fourth-order valence-corrected chi connectivity index (χ4v) is 1.96. The Balaban J connectivity index is 2.23. The normalized spacial score (nSPS) is 19.8. The van der Waals surface area contributed by atoms with Gasteiger partial charge < -0.3 is 15.4 Å². The molecular formula is C11H18N4O. The molecule has 5 nitrogen and oxygen atoms in total. The topological polar surface area (TPSA) is 64.3 Å². The van der Waals surface area contributed by atoms with Crippen molar-refractivity contribution in [2.45, 2.75) is 26.0 Å². The molecule has 2 heterocycles. The zero-order chi connectivity index (χ0) is 11.6. The molecule has 5 heteroatoms. The van der Waals surface area contributed by atoms with E-state index in [1.54, 1.807) is 12.4 Å². The summed E-state index contributed by atoms with van der Waals surface area (Å²) in [6.45, 7) is 6.96. The number of nitrogens with two attached hydrogens (primary N) is 1. The number of aromatic nitrogens is 2. The van der Waals surface area contributed by atoms with Crippen LogP contribution in [-0.4, -0.2) is 35.3 Å². The molecule has 0 unspecified atom stereocenters. The van der Waals surface area contributed by atoms with Gasteiger partial charge in [0.2, 0.25) is 0 Å². The molecule has 0 atom stereocenters. The average Bonchev–Trinajstić information content (AvgIpc) is 2.27. The maximum Gasteiger partial charge on any atom is 0.151 e. The van der Waals surface area contributed by atoms with E-state index in [0.29, 0.717) is 13.2 Å². The largest absolute Gasteiger partial charge is 0.372 e. The highest BCUT2D eigenvalue weighted by Crippen LogP contribution is 2.22. The Kier molecular flexibility index (Phi) is 3.07. The summed E-state index contributed by atoms with van der Waals surface area (Å²) in [4.78, 5) is 10.8. The zero-order valence-electron chi connectivity index (χ0n) is 9.81. The molecule has 88 valence electrons. The van der Waals surface area contributed by atoms with Gasteiger partial charge in [-0.15, -0.1) is 0 Å². The van der Waals surface area contributed by atoms with E-state index in [1.165, 1.54) is 0 Å². The van der Waals surface area contributed by atoms with E-state index in [2.05, 4.69) is 28.7 Å². The first-order valence-corrected chi connectivity index (χ1v) is 5.51. The smallest absolute Gasteiger partial charge is 0.151 e. The van der Waals surface area contributed by atoms with Gasteiger partial charge >= 0.3 is 0 Å². The van der Waals surface area contributed by atoms with Crippen LogP contribution in [0.2, 0.25) is 0 Å². The summed E-state index contributed by atoms with van der Waals surface area (Å²) < 4.78 is 5.67. The van der Waals surface area contributed by atoms with Crippen molar-refractivity contribution in [3.05, 3.63) is 18.1 Å². The summed E-state index contributed by atoms with van der Waals surface area (Å²) in [6.07, 6.45) is 3.38. The second kappa shape index (κ2) is 4.35. The molecule has 1 fully saturated rings. The number of nitrogens with zero attached hydrogens (tertiary/aromatic N) is 3. The fraction of sp³-hybridized carbons (Fsp3) is 0.636. The van der Waals surface area contributed by atoms with Crippen LogP contribution in [-0.2, 0) is 11.3 Å². The highest BCUT2D eigenvalue weighted by Gasteiger charge is 2.28. The first-order chi connectivity index (χ1) is 7.62. The van der Waals surface area contributed by atoms with Gasteiger partial charge in [-0.1, -0.05) is 0 Å². The van der Waals surface area contributed by atoms with E-state index in [-0.39, 0.29) is 5.60 Å². The van der Waals surface area contributed by atoms with Gasteiger partial charge in [-0.05, 0) is 13.8 Å². The van der Waals surface area contributed by atoms with Crippen molar-refractivity contribution in [2.24, 2.45) is 5.73 Å². The predicted molar refractivity (Wildman–Crippen MR) is 62.2 cm³/mol. The molecule has 1 aromatic heterocycles. The van der Waals surface area contributed by atoms with Gasteiger partial charge in [0.1, 0.15) is 0 Å². The second-order valence-electron chi connectivity index (χ2n) is 4.56. The van der Waals surface area contributed by atoms with Crippen molar-refractivity contribution >= 4 is 5.82 Å². The molecule has 1 aromatic rings. The first kappa shape index (κ1) is 11.3. The Hall–Kier alpha value is -1.20. The monoisotopic (exact) mass is 222 g/mol. The van der Waals surface area contributed by atoms with Crippen LogP contribution in [0.25, 0.3) is 0 Å². The minimum absolute atomic E-state index is 0.137. The highest BCUT2D eigenvalue weighted by atomic mass is 16.5. The lowest BCUT2D eigenvalue weighted by Crippen LogP contribution is -2.49. The van der Waals surface area contributed by atoms with Crippen LogP contribution in [0.1, 0.15) is 19.5 Å². The summed E-state index contributed by atoms with van der Waals surface area (Å²) in [5.74, 6) is 0.890. The Morgan fingerprint density at radius 2 is 2.19 bits per heavy atom. The van der Waals surface area contributed by atoms with Crippen LogP contribution in [0.4, 0.5) is 5.82 Å². The molecular weight excluding hydrogens is 204 g/mol. The predicted octanol–water partition coefficient (Wildman–Crippen LogP) is 0.551. The van der Waals surface area contributed by atoms with Crippen molar-refractivity contribution in [1.82, 2.24) is 9.97 Å². The third kappa shape index (κ3) is 2.31. The molecule has 0 saturated carbocycles. The summed E-state index contributed by atoms with van der Waals surface area (Å²) in [6, 6.07) is 0. The quantitative estimate of drug-likeness (QED) is 0.791. The van der Waals surface area contributed by atoms with Crippen molar-refractivity contribution in [1.29, 1.82) is 0 Å². The molecule has 1 aliphatic heterocycles. The van der Waals surface area contributed by atoms with Crippen molar-refractivity contribution in [3.8, 4) is 0 Å². The Bertz CT molecular complexity index is 367. The molecule has 0 aromatic carbocycles. The minimum Gasteiger partial charge on any atom is -0.372 e. The number of hydrogen-bond acceptors (Lipinski definition) is 5. The Labute approximate surface area is 95.6 Å². The molecule has 0 bridgehead atoms. The molecule has 2 rings (SSSR count). The third-order valence-electron chi connectivity index (χ3n) is 2.67. The molecule has 0 radical (unpaired) electrons. The first-order valence-electron chi connectivity index (χ1n) is 5.51. The SMILES string of the molecule is CC1(C)CN(c2nccnc2CN)CCO1. The molecule has 16 heavy (non-hydrogen) atoms. The van der Waals surface area contributed by atoms with Gasteiger partial charge in [0, 0.05) is 32.0 Å². The molecule has 2 N–H and O–H groups in total. The van der Waals surface area contributed by atoms with Crippen LogP contribution in [0.15, 0.2) is 12.4 Å². The molecule has 1 saturated heterocycles. The van der Waals surface area contributed by atoms with E-state index in [1.807, 2.05) is 0 Å². The van der Waals surface area contributed by atoms with E-state index in [0.717, 1.165) is 24.6 Å². The van der Waals surface area contributed by atoms with Gasteiger partial charge in [-0.25, -0.2) is 4.98 Å². The number of morpholine rings is 1. The lowest BCUT2D eigenvalue weighted by Gasteiger charge is -2.39. The van der Waals surface area contributed by atoms with Gasteiger partial charge in [0.05, 0.1) is 17.9 Å². The average molecular weight is 222 g/mol. The van der Waals surface area contributed by atoms with Crippen LogP contribution in [0.3, 0.4) is 0 Å². The van der Waals surface area contributed by atoms with Crippen LogP contribution in [0, 0.1) is 0 Å². The number of ether oxygens (including phenoxy) is 1. The zero-order valence-corrected chi connectivity index (χ0v) is 9.81.